The molecule has 0 aromatic rings. The lowest BCUT2D eigenvalue weighted by Gasteiger charge is -2.17. The highest BCUT2D eigenvalue weighted by molar-refractivity contribution is 6.02. The predicted molar refractivity (Wildman–Crippen MR) is 51.2 cm³/mol. The standard InChI is InChI=1S/C9H14N2O4/c1-3-11-7(12)5-10(9(11)15)4-6(2)8(13)14/h6H,3-5H2,1-2H3,(H,13,14). The van der Waals surface area contributed by atoms with Crippen LogP contribution in [0.2, 0.25) is 0 Å². The summed E-state index contributed by atoms with van der Waals surface area (Å²) in [6, 6.07) is -0.393. The lowest BCUT2D eigenvalue weighted by Crippen LogP contribution is -2.36. The minimum atomic E-state index is -0.967. The van der Waals surface area contributed by atoms with Crippen molar-refractivity contribution in [1.82, 2.24) is 9.80 Å². The summed E-state index contributed by atoms with van der Waals surface area (Å²) in [4.78, 5) is 35.8. The maximum Gasteiger partial charge on any atom is 0.327 e. The summed E-state index contributed by atoms with van der Waals surface area (Å²) >= 11 is 0. The first-order valence-electron chi connectivity index (χ1n) is 4.79. The van der Waals surface area contributed by atoms with Gasteiger partial charge in [-0.15, -0.1) is 0 Å². The molecule has 1 unspecified atom stereocenters. The molecule has 0 aromatic carbocycles. The van der Waals surface area contributed by atoms with Crippen LogP contribution in [0.4, 0.5) is 4.79 Å². The van der Waals surface area contributed by atoms with Gasteiger partial charge in [-0.3, -0.25) is 14.5 Å². The Labute approximate surface area is 87.5 Å². The molecule has 84 valence electrons. The average Bonchev–Trinajstić information content (AvgIpc) is 2.41. The van der Waals surface area contributed by atoms with Gasteiger partial charge in [-0.25, -0.2) is 4.79 Å². The fourth-order valence-electron chi connectivity index (χ4n) is 1.46. The fraction of sp³-hybridized carbons (Fsp3) is 0.667. The molecule has 0 aromatic heterocycles. The molecular formula is C9H14N2O4. The molecule has 1 N–H and O–H groups in total. The molecule has 0 aliphatic carbocycles. The maximum atomic E-state index is 11.5. The number of nitrogens with zero attached hydrogens (tertiary/aromatic N) is 2. The van der Waals surface area contributed by atoms with Crippen LogP contribution < -0.4 is 0 Å². The second kappa shape index (κ2) is 4.29. The van der Waals surface area contributed by atoms with Crippen LogP contribution in [-0.4, -0.2) is 52.4 Å². The molecule has 1 saturated heterocycles. The Balaban J connectivity index is 2.63. The first-order valence-corrected chi connectivity index (χ1v) is 4.79. The number of carbonyl (C=O) groups is 3. The maximum absolute atomic E-state index is 11.5. The Kier molecular flexibility index (Phi) is 3.28. The normalized spacial score (nSPS) is 18.5. The van der Waals surface area contributed by atoms with E-state index < -0.39 is 17.9 Å². The molecule has 0 radical (unpaired) electrons. The largest absolute Gasteiger partial charge is 0.481 e. The molecule has 1 fully saturated rings. The van der Waals surface area contributed by atoms with Crippen LogP contribution in [0, 0.1) is 5.92 Å². The van der Waals surface area contributed by atoms with Crippen molar-refractivity contribution in [3.05, 3.63) is 0 Å². The van der Waals surface area contributed by atoms with Gasteiger partial charge in [0.25, 0.3) is 0 Å². The second-order valence-electron chi connectivity index (χ2n) is 3.54. The molecule has 1 aliphatic rings. The van der Waals surface area contributed by atoms with Gasteiger partial charge in [0.05, 0.1) is 5.92 Å². The van der Waals surface area contributed by atoms with Crippen LogP contribution in [0.3, 0.4) is 0 Å². The van der Waals surface area contributed by atoms with Gasteiger partial charge in [0.2, 0.25) is 5.91 Å². The quantitative estimate of drug-likeness (QED) is 0.668. The van der Waals surface area contributed by atoms with Crippen LogP contribution in [0.1, 0.15) is 13.8 Å². The topological polar surface area (TPSA) is 77.9 Å². The average molecular weight is 214 g/mol. The van der Waals surface area contributed by atoms with Gasteiger partial charge >= 0.3 is 12.0 Å². The van der Waals surface area contributed by atoms with Gasteiger partial charge in [-0.1, -0.05) is 6.92 Å². The highest BCUT2D eigenvalue weighted by Crippen LogP contribution is 2.12. The first kappa shape index (κ1) is 11.5. The third kappa shape index (κ3) is 2.26. The zero-order chi connectivity index (χ0) is 11.6. The zero-order valence-electron chi connectivity index (χ0n) is 8.77. The molecule has 6 nitrogen and oxygen atoms in total. The number of hydrogen-bond acceptors (Lipinski definition) is 3. The number of carboxylic acid groups (broad SMARTS) is 1. The molecule has 0 saturated carbocycles. The van der Waals surface area contributed by atoms with E-state index in [4.69, 9.17) is 5.11 Å². The molecular weight excluding hydrogens is 200 g/mol. The van der Waals surface area contributed by atoms with Gasteiger partial charge < -0.3 is 10.0 Å². The molecule has 3 amide bonds. The van der Waals surface area contributed by atoms with Crippen molar-refractivity contribution < 1.29 is 19.5 Å². The van der Waals surface area contributed by atoms with E-state index in [0.29, 0.717) is 6.54 Å². The second-order valence-corrected chi connectivity index (χ2v) is 3.54. The van der Waals surface area contributed by atoms with Gasteiger partial charge in [0, 0.05) is 13.1 Å². The predicted octanol–water partition coefficient (Wildman–Crippen LogP) is -0.00880. The van der Waals surface area contributed by atoms with Crippen molar-refractivity contribution in [2.45, 2.75) is 13.8 Å². The van der Waals surface area contributed by atoms with Crippen LogP contribution in [0.5, 0.6) is 0 Å². The van der Waals surface area contributed by atoms with Crippen molar-refractivity contribution in [2.24, 2.45) is 5.92 Å². The SMILES string of the molecule is CCN1C(=O)CN(CC(C)C(=O)O)C1=O. The van der Waals surface area contributed by atoms with E-state index in [1.807, 2.05) is 0 Å². The number of urea groups is 1. The summed E-state index contributed by atoms with van der Waals surface area (Å²) in [5.41, 5.74) is 0. The Morgan fingerprint density at radius 3 is 2.53 bits per heavy atom. The Bertz CT molecular complexity index is 302. The van der Waals surface area contributed by atoms with E-state index in [-0.39, 0.29) is 19.0 Å². The van der Waals surface area contributed by atoms with Gasteiger partial charge in [-0.2, -0.15) is 0 Å². The van der Waals surface area contributed by atoms with Crippen LogP contribution in [-0.2, 0) is 9.59 Å². The first-order chi connectivity index (χ1) is 6.97. The highest BCUT2D eigenvalue weighted by Gasteiger charge is 2.35. The van der Waals surface area contributed by atoms with Gasteiger partial charge in [0.1, 0.15) is 6.54 Å². The van der Waals surface area contributed by atoms with E-state index in [0.717, 1.165) is 4.90 Å². The van der Waals surface area contributed by atoms with Crippen molar-refractivity contribution >= 4 is 17.9 Å². The summed E-state index contributed by atoms with van der Waals surface area (Å²) in [6.07, 6.45) is 0. The summed E-state index contributed by atoms with van der Waals surface area (Å²) in [7, 11) is 0. The lowest BCUT2D eigenvalue weighted by atomic mass is 10.2. The Morgan fingerprint density at radius 2 is 2.13 bits per heavy atom. The van der Waals surface area contributed by atoms with Crippen molar-refractivity contribution in [3.8, 4) is 0 Å². The molecule has 0 spiro atoms. The van der Waals surface area contributed by atoms with Gasteiger partial charge in [0.15, 0.2) is 0 Å². The summed E-state index contributed by atoms with van der Waals surface area (Å²) in [5.74, 6) is -1.89. The number of rotatable bonds is 4. The number of carboxylic acids is 1. The van der Waals surface area contributed by atoms with Crippen LogP contribution in [0.15, 0.2) is 0 Å². The van der Waals surface area contributed by atoms with Crippen molar-refractivity contribution in [1.29, 1.82) is 0 Å². The number of aliphatic carboxylic acids is 1. The van der Waals surface area contributed by atoms with Gasteiger partial charge in [-0.05, 0) is 6.92 Å². The minimum absolute atomic E-state index is 0.00963. The summed E-state index contributed by atoms with van der Waals surface area (Å²) in [6.45, 7) is 3.62. The van der Waals surface area contributed by atoms with Crippen molar-refractivity contribution in [3.63, 3.8) is 0 Å². The Hall–Kier alpha value is -1.59. The smallest absolute Gasteiger partial charge is 0.327 e. The number of hydrogen-bond donors (Lipinski definition) is 1. The third-order valence-corrected chi connectivity index (χ3v) is 2.36. The minimum Gasteiger partial charge on any atom is -0.481 e. The number of amides is 3. The lowest BCUT2D eigenvalue weighted by molar-refractivity contribution is -0.141. The molecule has 1 heterocycles. The van der Waals surface area contributed by atoms with Crippen LogP contribution in [0.25, 0.3) is 0 Å². The highest BCUT2D eigenvalue weighted by atomic mass is 16.4. The fourth-order valence-corrected chi connectivity index (χ4v) is 1.46. The molecule has 1 atom stereocenters. The molecule has 0 bridgehead atoms. The number of likely N-dealkylation sites (N-methyl/N-ethyl adjacent to an activating group) is 1. The molecule has 1 rings (SSSR count). The number of carbonyl (C=O) groups excluding carboxylic acids is 2. The third-order valence-electron chi connectivity index (χ3n) is 2.36. The van der Waals surface area contributed by atoms with Crippen molar-refractivity contribution in [2.75, 3.05) is 19.6 Å². The summed E-state index contributed by atoms with van der Waals surface area (Å²) < 4.78 is 0. The molecule has 15 heavy (non-hydrogen) atoms. The molecule has 6 heteroatoms. The Morgan fingerprint density at radius 1 is 1.53 bits per heavy atom. The van der Waals surface area contributed by atoms with Crippen LogP contribution >= 0.6 is 0 Å². The molecule has 1 aliphatic heterocycles. The summed E-state index contributed by atoms with van der Waals surface area (Å²) in [5, 5.41) is 8.68. The zero-order valence-corrected chi connectivity index (χ0v) is 8.77. The van der Waals surface area contributed by atoms with E-state index >= 15 is 0 Å². The van der Waals surface area contributed by atoms with E-state index in [2.05, 4.69) is 0 Å². The number of imide groups is 1. The van der Waals surface area contributed by atoms with E-state index in [1.165, 1.54) is 11.8 Å². The monoisotopic (exact) mass is 214 g/mol. The van der Waals surface area contributed by atoms with E-state index in [9.17, 15) is 14.4 Å². The van der Waals surface area contributed by atoms with E-state index in [1.54, 1.807) is 6.92 Å².